The van der Waals surface area contributed by atoms with Crippen LogP contribution in [0, 0.1) is 5.82 Å². The van der Waals surface area contributed by atoms with Crippen molar-refractivity contribution in [1.29, 1.82) is 0 Å². The fraction of sp³-hybridized carbons (Fsp3) is 0.533. The summed E-state index contributed by atoms with van der Waals surface area (Å²) in [5, 5.41) is 9.55. The van der Waals surface area contributed by atoms with Crippen LogP contribution in [0.25, 0.3) is 0 Å². The van der Waals surface area contributed by atoms with Crippen LogP contribution in [0.5, 0.6) is 0 Å². The number of piperidine rings is 1. The summed E-state index contributed by atoms with van der Waals surface area (Å²) in [6.07, 6.45) is 2.93. The number of ketones is 1. The lowest BCUT2D eigenvalue weighted by molar-refractivity contribution is 0.0692. The van der Waals surface area contributed by atoms with Gasteiger partial charge in [0.05, 0.1) is 6.10 Å². The maximum Gasteiger partial charge on any atom is 0.162 e. The van der Waals surface area contributed by atoms with E-state index in [-0.39, 0.29) is 17.7 Å². The molecule has 1 aromatic carbocycles. The first-order valence-electron chi connectivity index (χ1n) is 6.84. The molecule has 1 fully saturated rings. The van der Waals surface area contributed by atoms with E-state index in [1.54, 1.807) is 0 Å². The molecule has 0 amide bonds. The van der Waals surface area contributed by atoms with Gasteiger partial charge in [-0.05, 0) is 56.6 Å². The van der Waals surface area contributed by atoms with E-state index in [1.165, 1.54) is 24.3 Å². The largest absolute Gasteiger partial charge is 0.392 e. The Kier molecular flexibility index (Phi) is 5.05. The van der Waals surface area contributed by atoms with Crippen LogP contribution in [0.4, 0.5) is 4.39 Å². The van der Waals surface area contributed by atoms with Gasteiger partial charge >= 0.3 is 0 Å². The molecule has 4 heteroatoms. The zero-order valence-corrected chi connectivity index (χ0v) is 11.0. The van der Waals surface area contributed by atoms with Gasteiger partial charge in [-0.25, -0.2) is 4.39 Å². The molecular formula is C15H20FNO2. The van der Waals surface area contributed by atoms with Crippen molar-refractivity contribution < 1.29 is 14.3 Å². The molecule has 0 radical (unpaired) electrons. The average Bonchev–Trinajstić information content (AvgIpc) is 2.39. The number of carbonyl (C=O) groups excluding carboxylic acids is 1. The number of rotatable bonds is 5. The quantitative estimate of drug-likeness (QED) is 0.830. The number of Topliss-reactive ketones (excluding diaryl/α,β-unsaturated/α-hetero) is 1. The van der Waals surface area contributed by atoms with Crippen LogP contribution in [0.3, 0.4) is 0 Å². The molecule has 104 valence electrons. The number of nitrogens with zero attached hydrogens (tertiary/aromatic N) is 1. The lowest BCUT2D eigenvalue weighted by Gasteiger charge is -2.29. The Balaban J connectivity index is 1.73. The molecule has 1 aromatic rings. The van der Waals surface area contributed by atoms with Gasteiger partial charge in [-0.1, -0.05) is 0 Å². The third kappa shape index (κ3) is 4.40. The van der Waals surface area contributed by atoms with E-state index in [9.17, 15) is 14.3 Å². The number of aliphatic hydroxyl groups excluding tert-OH is 1. The molecule has 1 heterocycles. The molecule has 0 saturated carbocycles. The Hall–Kier alpha value is -1.26. The number of β-amino-alcohol motifs (C(OH)–C–C–N with tert-alkyl or cyclic N) is 1. The van der Waals surface area contributed by atoms with Crippen molar-refractivity contribution in [2.75, 3.05) is 19.6 Å². The van der Waals surface area contributed by atoms with Crippen LogP contribution >= 0.6 is 0 Å². The molecule has 1 unspecified atom stereocenters. The van der Waals surface area contributed by atoms with E-state index < -0.39 is 0 Å². The predicted molar refractivity (Wildman–Crippen MR) is 71.6 cm³/mol. The minimum atomic E-state index is -0.321. The number of likely N-dealkylation sites (tertiary alicyclic amines) is 1. The molecule has 0 bridgehead atoms. The average molecular weight is 265 g/mol. The fourth-order valence-corrected chi connectivity index (χ4v) is 2.48. The van der Waals surface area contributed by atoms with Gasteiger partial charge in [-0.15, -0.1) is 0 Å². The van der Waals surface area contributed by atoms with Crippen LogP contribution < -0.4 is 0 Å². The van der Waals surface area contributed by atoms with E-state index in [2.05, 4.69) is 4.90 Å². The van der Waals surface area contributed by atoms with E-state index in [1.807, 2.05) is 0 Å². The first-order valence-corrected chi connectivity index (χ1v) is 6.84. The maximum absolute atomic E-state index is 12.7. The minimum absolute atomic E-state index is 0.0533. The van der Waals surface area contributed by atoms with Crippen LogP contribution in [0.1, 0.15) is 36.0 Å². The second-order valence-electron chi connectivity index (χ2n) is 5.13. The second-order valence-corrected chi connectivity index (χ2v) is 5.13. The van der Waals surface area contributed by atoms with E-state index in [0.29, 0.717) is 18.5 Å². The Morgan fingerprint density at radius 2 is 2.11 bits per heavy atom. The molecule has 1 aliphatic heterocycles. The fourth-order valence-electron chi connectivity index (χ4n) is 2.48. The molecule has 1 N–H and O–H groups in total. The topological polar surface area (TPSA) is 40.5 Å². The standard InChI is InChI=1S/C15H20FNO2/c16-13-7-5-12(6-8-13)15(19)4-2-10-17-9-1-3-14(18)11-17/h5-8,14,18H,1-4,9-11H2. The summed E-state index contributed by atoms with van der Waals surface area (Å²) in [6.45, 7) is 2.55. The van der Waals surface area contributed by atoms with Gasteiger partial charge in [0.2, 0.25) is 0 Å². The first kappa shape index (κ1) is 14.2. The molecule has 3 nitrogen and oxygen atoms in total. The number of hydrogen-bond donors (Lipinski definition) is 1. The molecule has 1 saturated heterocycles. The molecule has 0 aromatic heterocycles. The smallest absolute Gasteiger partial charge is 0.162 e. The van der Waals surface area contributed by atoms with Crippen LogP contribution in [-0.2, 0) is 0 Å². The van der Waals surface area contributed by atoms with Crippen molar-refractivity contribution in [2.45, 2.75) is 31.8 Å². The zero-order valence-electron chi connectivity index (χ0n) is 11.0. The molecule has 19 heavy (non-hydrogen) atoms. The highest BCUT2D eigenvalue weighted by Gasteiger charge is 2.17. The van der Waals surface area contributed by atoms with Crippen LogP contribution in [0.15, 0.2) is 24.3 Å². The molecular weight excluding hydrogens is 245 g/mol. The highest BCUT2D eigenvalue weighted by atomic mass is 19.1. The monoisotopic (exact) mass is 265 g/mol. The van der Waals surface area contributed by atoms with Crippen molar-refractivity contribution in [2.24, 2.45) is 0 Å². The van der Waals surface area contributed by atoms with Crippen molar-refractivity contribution in [1.82, 2.24) is 4.90 Å². The zero-order chi connectivity index (χ0) is 13.7. The van der Waals surface area contributed by atoms with Crippen molar-refractivity contribution in [3.05, 3.63) is 35.6 Å². The lowest BCUT2D eigenvalue weighted by atomic mass is 10.1. The molecule has 1 atom stereocenters. The summed E-state index contributed by atoms with van der Waals surface area (Å²) >= 11 is 0. The summed E-state index contributed by atoms with van der Waals surface area (Å²) in [5.41, 5.74) is 0.570. The summed E-state index contributed by atoms with van der Waals surface area (Å²) in [7, 11) is 0. The second kappa shape index (κ2) is 6.78. The summed E-state index contributed by atoms with van der Waals surface area (Å²) in [4.78, 5) is 14.1. The lowest BCUT2D eigenvalue weighted by Crippen LogP contribution is -2.38. The predicted octanol–water partition coefficient (Wildman–Crippen LogP) is 2.25. The summed E-state index contributed by atoms with van der Waals surface area (Å²) in [6, 6.07) is 5.69. The van der Waals surface area contributed by atoms with Gasteiger partial charge in [0, 0.05) is 18.5 Å². The number of halogens is 1. The van der Waals surface area contributed by atoms with Gasteiger partial charge in [0.15, 0.2) is 5.78 Å². The normalized spacial score (nSPS) is 20.4. The van der Waals surface area contributed by atoms with E-state index >= 15 is 0 Å². The minimum Gasteiger partial charge on any atom is -0.392 e. The molecule has 2 rings (SSSR count). The van der Waals surface area contributed by atoms with Gasteiger partial charge in [0.1, 0.15) is 5.82 Å². The van der Waals surface area contributed by atoms with Crippen LogP contribution in [0.2, 0.25) is 0 Å². The van der Waals surface area contributed by atoms with Crippen molar-refractivity contribution in [3.63, 3.8) is 0 Å². The third-order valence-electron chi connectivity index (χ3n) is 3.53. The maximum atomic E-state index is 12.7. The molecule has 1 aliphatic rings. The summed E-state index contributed by atoms with van der Waals surface area (Å²) < 4.78 is 12.7. The Morgan fingerprint density at radius 1 is 1.37 bits per heavy atom. The van der Waals surface area contributed by atoms with Gasteiger partial charge in [0.25, 0.3) is 0 Å². The SMILES string of the molecule is O=C(CCCN1CCCC(O)C1)c1ccc(F)cc1. The molecule has 0 aliphatic carbocycles. The number of hydrogen-bond acceptors (Lipinski definition) is 3. The summed E-state index contributed by atoms with van der Waals surface area (Å²) in [5.74, 6) is -0.267. The Bertz CT molecular complexity index is 419. The van der Waals surface area contributed by atoms with Gasteiger partial charge in [-0.2, -0.15) is 0 Å². The van der Waals surface area contributed by atoms with E-state index in [4.69, 9.17) is 0 Å². The van der Waals surface area contributed by atoms with Crippen molar-refractivity contribution in [3.8, 4) is 0 Å². The van der Waals surface area contributed by atoms with E-state index in [0.717, 1.165) is 32.4 Å². The number of aliphatic hydroxyl groups is 1. The highest BCUT2D eigenvalue weighted by Crippen LogP contribution is 2.12. The third-order valence-corrected chi connectivity index (χ3v) is 3.53. The number of benzene rings is 1. The highest BCUT2D eigenvalue weighted by molar-refractivity contribution is 5.95. The van der Waals surface area contributed by atoms with Crippen molar-refractivity contribution >= 4 is 5.78 Å². The Morgan fingerprint density at radius 3 is 2.79 bits per heavy atom. The first-order chi connectivity index (χ1) is 9.15. The van der Waals surface area contributed by atoms with Crippen LogP contribution in [-0.4, -0.2) is 41.5 Å². The number of carbonyl (C=O) groups is 1. The van der Waals surface area contributed by atoms with Gasteiger partial charge in [-0.3, -0.25) is 4.79 Å². The molecule has 0 spiro atoms. The Labute approximate surface area is 113 Å². The van der Waals surface area contributed by atoms with Gasteiger partial charge < -0.3 is 10.0 Å².